The van der Waals surface area contributed by atoms with Crippen LogP contribution in [0, 0.1) is 18.3 Å². The van der Waals surface area contributed by atoms with Gasteiger partial charge in [-0.25, -0.2) is 9.97 Å². The van der Waals surface area contributed by atoms with E-state index < -0.39 is 0 Å². The fraction of sp³-hybridized carbons (Fsp3) is 0.188. The molecule has 104 valence electrons. The van der Waals surface area contributed by atoms with Gasteiger partial charge in [0.2, 0.25) is 0 Å². The Kier molecular flexibility index (Phi) is 3.59. The van der Waals surface area contributed by atoms with Crippen molar-refractivity contribution >= 4 is 22.8 Å². The van der Waals surface area contributed by atoms with E-state index in [-0.39, 0.29) is 0 Å². The molecule has 0 amide bonds. The minimum absolute atomic E-state index is 0.486. The van der Waals surface area contributed by atoms with Crippen molar-refractivity contribution in [1.29, 1.82) is 5.26 Å². The largest absolute Gasteiger partial charge is 0.280 e. The zero-order chi connectivity index (χ0) is 14.8. The number of nitriles is 1. The Hall–Kier alpha value is -2.38. The number of pyridine rings is 1. The summed E-state index contributed by atoms with van der Waals surface area (Å²) in [7, 11) is 0. The summed E-state index contributed by atoms with van der Waals surface area (Å²) in [5, 5.41) is 9.12. The Morgan fingerprint density at radius 2 is 2.19 bits per heavy atom. The van der Waals surface area contributed by atoms with Gasteiger partial charge in [-0.15, -0.1) is 11.6 Å². The summed E-state index contributed by atoms with van der Waals surface area (Å²) in [4.78, 5) is 9.04. The molecule has 5 heteroatoms. The molecule has 0 spiro atoms. The number of benzene rings is 1. The maximum absolute atomic E-state index is 9.12. The van der Waals surface area contributed by atoms with Gasteiger partial charge in [-0.05, 0) is 36.8 Å². The van der Waals surface area contributed by atoms with Crippen molar-refractivity contribution in [1.82, 2.24) is 14.5 Å². The van der Waals surface area contributed by atoms with Crippen molar-refractivity contribution in [3.8, 4) is 11.8 Å². The maximum Gasteiger partial charge on any atom is 0.164 e. The van der Waals surface area contributed by atoms with E-state index in [1.165, 1.54) is 0 Å². The zero-order valence-electron chi connectivity index (χ0n) is 11.5. The van der Waals surface area contributed by atoms with Crippen molar-refractivity contribution in [3.05, 3.63) is 53.5 Å². The smallest absolute Gasteiger partial charge is 0.164 e. The number of aromatic nitrogens is 3. The van der Waals surface area contributed by atoms with Crippen LogP contribution in [0.5, 0.6) is 0 Å². The van der Waals surface area contributed by atoms with E-state index in [1.54, 1.807) is 6.20 Å². The second-order valence-electron chi connectivity index (χ2n) is 4.76. The summed E-state index contributed by atoms with van der Waals surface area (Å²) in [5.74, 6) is 1.34. The van der Waals surface area contributed by atoms with Crippen LogP contribution in [0.3, 0.4) is 0 Å². The molecule has 0 aliphatic carbocycles. The first-order chi connectivity index (χ1) is 10.2. The normalized spacial score (nSPS) is 10.7. The fourth-order valence-corrected chi connectivity index (χ4v) is 2.55. The number of aryl methyl sites for hydroxylation is 2. The lowest BCUT2D eigenvalue weighted by Crippen LogP contribution is -2.05. The van der Waals surface area contributed by atoms with Gasteiger partial charge in [-0.2, -0.15) is 5.26 Å². The molecule has 0 radical (unpaired) electrons. The molecule has 0 bridgehead atoms. The highest BCUT2D eigenvalue weighted by atomic mass is 35.5. The van der Waals surface area contributed by atoms with Gasteiger partial charge in [-0.3, -0.25) is 4.57 Å². The Labute approximate surface area is 127 Å². The molecule has 0 aliphatic rings. The second kappa shape index (κ2) is 5.55. The van der Waals surface area contributed by atoms with E-state index >= 15 is 0 Å². The number of alkyl halides is 1. The van der Waals surface area contributed by atoms with Gasteiger partial charge in [0.1, 0.15) is 11.3 Å². The number of rotatable bonds is 3. The number of hydrogen-bond donors (Lipinski definition) is 0. The van der Waals surface area contributed by atoms with Crippen molar-refractivity contribution in [2.75, 3.05) is 5.88 Å². The van der Waals surface area contributed by atoms with Gasteiger partial charge in [0, 0.05) is 18.5 Å². The van der Waals surface area contributed by atoms with Crippen LogP contribution in [0.1, 0.15) is 17.0 Å². The van der Waals surface area contributed by atoms with Crippen molar-refractivity contribution in [3.63, 3.8) is 0 Å². The molecule has 0 atom stereocenters. The predicted molar refractivity (Wildman–Crippen MR) is 82.7 cm³/mol. The molecule has 3 rings (SSSR count). The maximum atomic E-state index is 9.12. The Balaban J connectivity index is 2.33. The van der Waals surface area contributed by atoms with Gasteiger partial charge in [0.05, 0.1) is 17.3 Å². The molecule has 0 aliphatic heterocycles. The Morgan fingerprint density at radius 3 is 2.95 bits per heavy atom. The van der Waals surface area contributed by atoms with E-state index in [2.05, 4.69) is 16.0 Å². The van der Waals surface area contributed by atoms with Crippen LogP contribution in [-0.2, 0) is 6.42 Å². The van der Waals surface area contributed by atoms with Gasteiger partial charge >= 0.3 is 0 Å². The van der Waals surface area contributed by atoms with Crippen molar-refractivity contribution in [2.45, 2.75) is 13.3 Å². The molecule has 2 heterocycles. The summed E-state index contributed by atoms with van der Waals surface area (Å²) in [5.41, 5.74) is 4.23. The molecular formula is C16H13ClN4. The molecule has 4 nitrogen and oxygen atoms in total. The zero-order valence-corrected chi connectivity index (χ0v) is 12.3. The number of imidazole rings is 1. The summed E-state index contributed by atoms with van der Waals surface area (Å²) < 4.78 is 1.99. The molecular weight excluding hydrogens is 284 g/mol. The van der Waals surface area contributed by atoms with Crippen LogP contribution in [0.2, 0.25) is 0 Å². The van der Waals surface area contributed by atoms with Gasteiger partial charge in [0.15, 0.2) is 5.65 Å². The summed E-state index contributed by atoms with van der Waals surface area (Å²) in [6, 6.07) is 11.6. The topological polar surface area (TPSA) is 54.5 Å². The lowest BCUT2D eigenvalue weighted by Gasteiger charge is -2.11. The molecule has 0 saturated carbocycles. The number of nitrogens with zero attached hydrogens (tertiary/aromatic N) is 4. The lowest BCUT2D eigenvalue weighted by atomic mass is 10.1. The monoisotopic (exact) mass is 296 g/mol. The predicted octanol–water partition coefficient (Wildman–Crippen LogP) is 3.38. The van der Waals surface area contributed by atoms with Crippen LogP contribution < -0.4 is 0 Å². The quantitative estimate of drug-likeness (QED) is 0.696. The average molecular weight is 297 g/mol. The first kappa shape index (κ1) is 13.6. The number of fused-ring (bicyclic) bond motifs is 1. The Bertz CT molecular complexity index is 845. The van der Waals surface area contributed by atoms with Crippen LogP contribution in [0.4, 0.5) is 0 Å². The van der Waals surface area contributed by atoms with Crippen LogP contribution in [0.15, 0.2) is 36.5 Å². The van der Waals surface area contributed by atoms with Crippen LogP contribution in [-0.4, -0.2) is 20.4 Å². The summed E-state index contributed by atoms with van der Waals surface area (Å²) >= 11 is 5.90. The third kappa shape index (κ3) is 2.37. The van der Waals surface area contributed by atoms with Crippen molar-refractivity contribution in [2.24, 2.45) is 0 Å². The highest BCUT2D eigenvalue weighted by Gasteiger charge is 2.14. The first-order valence-corrected chi connectivity index (χ1v) is 7.17. The van der Waals surface area contributed by atoms with E-state index in [1.807, 2.05) is 41.8 Å². The third-order valence-electron chi connectivity index (χ3n) is 3.38. The average Bonchev–Trinajstić information content (AvgIpc) is 2.86. The van der Waals surface area contributed by atoms with Crippen LogP contribution in [0.25, 0.3) is 16.9 Å². The highest BCUT2D eigenvalue weighted by Crippen LogP contribution is 2.24. The van der Waals surface area contributed by atoms with Gasteiger partial charge < -0.3 is 0 Å². The SMILES string of the molecule is Cc1ccc(C#N)cc1-n1c(CCCl)nc2cccnc21. The third-order valence-corrected chi connectivity index (χ3v) is 3.57. The number of halogens is 1. The van der Waals surface area contributed by atoms with E-state index in [0.29, 0.717) is 17.9 Å². The molecule has 0 N–H and O–H groups in total. The highest BCUT2D eigenvalue weighted by molar-refractivity contribution is 6.17. The molecule has 3 aromatic rings. The van der Waals surface area contributed by atoms with Gasteiger partial charge in [0.25, 0.3) is 0 Å². The molecule has 0 unspecified atom stereocenters. The minimum atomic E-state index is 0.486. The van der Waals surface area contributed by atoms with Crippen LogP contribution >= 0.6 is 11.6 Å². The van der Waals surface area contributed by atoms with E-state index in [9.17, 15) is 0 Å². The van der Waals surface area contributed by atoms with Gasteiger partial charge in [-0.1, -0.05) is 6.07 Å². The molecule has 21 heavy (non-hydrogen) atoms. The molecule has 0 saturated heterocycles. The number of hydrogen-bond acceptors (Lipinski definition) is 3. The fourth-order valence-electron chi connectivity index (χ4n) is 2.38. The molecule has 1 aromatic carbocycles. The summed E-state index contributed by atoms with van der Waals surface area (Å²) in [6.07, 6.45) is 2.39. The molecule has 2 aromatic heterocycles. The minimum Gasteiger partial charge on any atom is -0.280 e. The Morgan fingerprint density at radius 1 is 1.33 bits per heavy atom. The summed E-state index contributed by atoms with van der Waals surface area (Å²) in [6.45, 7) is 2.01. The first-order valence-electron chi connectivity index (χ1n) is 6.64. The lowest BCUT2D eigenvalue weighted by molar-refractivity contribution is 0.899. The molecule has 0 fully saturated rings. The van der Waals surface area contributed by atoms with E-state index in [0.717, 1.165) is 28.2 Å². The standard InChI is InChI=1S/C16H13ClN4/c1-11-4-5-12(10-18)9-14(11)21-15(6-7-17)20-13-3-2-8-19-16(13)21/h2-5,8-9H,6-7H2,1H3. The van der Waals surface area contributed by atoms with Crippen molar-refractivity contribution < 1.29 is 0 Å². The van der Waals surface area contributed by atoms with E-state index in [4.69, 9.17) is 16.9 Å². The second-order valence-corrected chi connectivity index (χ2v) is 5.14.